The summed E-state index contributed by atoms with van der Waals surface area (Å²) in [6.45, 7) is 1.71. The number of amides is 2. The van der Waals surface area contributed by atoms with Gasteiger partial charge in [0.15, 0.2) is 0 Å². The van der Waals surface area contributed by atoms with Crippen molar-refractivity contribution < 1.29 is 18.7 Å². The molecular weight excluding hydrogens is 335 g/mol. The van der Waals surface area contributed by atoms with Crippen molar-refractivity contribution in [1.82, 2.24) is 4.90 Å². The van der Waals surface area contributed by atoms with E-state index in [-0.39, 0.29) is 24.2 Å². The fourth-order valence-electron chi connectivity index (χ4n) is 4.20. The van der Waals surface area contributed by atoms with Crippen molar-refractivity contribution in [2.75, 3.05) is 31.1 Å². The third-order valence-electron chi connectivity index (χ3n) is 5.97. The van der Waals surface area contributed by atoms with Crippen molar-refractivity contribution >= 4 is 17.5 Å². The van der Waals surface area contributed by atoms with Gasteiger partial charge in [-0.3, -0.25) is 9.59 Å². The van der Waals surface area contributed by atoms with Gasteiger partial charge in [-0.05, 0) is 55.9 Å². The van der Waals surface area contributed by atoms with Crippen LogP contribution in [0.2, 0.25) is 0 Å². The summed E-state index contributed by atoms with van der Waals surface area (Å²) in [6, 6.07) is 5.96. The van der Waals surface area contributed by atoms with Gasteiger partial charge >= 0.3 is 0 Å². The van der Waals surface area contributed by atoms with Gasteiger partial charge in [0.1, 0.15) is 18.0 Å². The third-order valence-corrected chi connectivity index (χ3v) is 5.97. The summed E-state index contributed by atoms with van der Waals surface area (Å²) in [5.41, 5.74) is 0.160. The van der Waals surface area contributed by atoms with Gasteiger partial charge in [-0.1, -0.05) is 6.42 Å². The van der Waals surface area contributed by atoms with Crippen LogP contribution < -0.4 is 4.90 Å². The lowest BCUT2D eigenvalue weighted by Crippen LogP contribution is -2.62. The number of carbonyl (C=O) groups is 2. The lowest BCUT2D eigenvalue weighted by molar-refractivity contribution is -0.154. The maximum Gasteiger partial charge on any atom is 0.253 e. The molecule has 26 heavy (non-hydrogen) atoms. The van der Waals surface area contributed by atoms with E-state index in [9.17, 15) is 14.0 Å². The summed E-state index contributed by atoms with van der Waals surface area (Å²) < 4.78 is 19.2. The monoisotopic (exact) mass is 360 g/mol. The number of rotatable bonds is 3. The van der Waals surface area contributed by atoms with Crippen LogP contribution in [0, 0.1) is 11.7 Å². The van der Waals surface area contributed by atoms with Gasteiger partial charge in [-0.25, -0.2) is 4.39 Å². The first kappa shape index (κ1) is 17.5. The van der Waals surface area contributed by atoms with Crippen molar-refractivity contribution in [1.29, 1.82) is 0 Å². The van der Waals surface area contributed by atoms with E-state index in [0.29, 0.717) is 31.1 Å². The molecule has 1 saturated carbocycles. The molecule has 0 aromatic heterocycles. The second-order valence-electron chi connectivity index (χ2n) is 7.85. The minimum atomic E-state index is -0.518. The van der Waals surface area contributed by atoms with Crippen LogP contribution in [0.15, 0.2) is 24.3 Å². The molecule has 1 unspecified atom stereocenters. The number of benzene rings is 1. The number of carbonyl (C=O) groups excluding carboxylic acids is 2. The first-order valence-electron chi connectivity index (χ1n) is 9.52. The Morgan fingerprint density at radius 3 is 2.65 bits per heavy atom. The van der Waals surface area contributed by atoms with E-state index >= 15 is 0 Å². The van der Waals surface area contributed by atoms with E-state index < -0.39 is 5.60 Å². The molecule has 3 aliphatic rings. The van der Waals surface area contributed by atoms with Crippen LogP contribution in [0.1, 0.15) is 38.5 Å². The number of morpholine rings is 1. The molecule has 1 aliphatic carbocycles. The molecule has 1 aromatic rings. The lowest BCUT2D eigenvalue weighted by Gasteiger charge is -2.48. The second-order valence-corrected chi connectivity index (χ2v) is 7.85. The average molecular weight is 360 g/mol. The number of piperidine rings is 1. The van der Waals surface area contributed by atoms with Crippen LogP contribution in [0.4, 0.5) is 10.1 Å². The van der Waals surface area contributed by atoms with Crippen molar-refractivity contribution in [3.05, 3.63) is 30.1 Å². The summed E-state index contributed by atoms with van der Waals surface area (Å²) in [7, 11) is 0. The fraction of sp³-hybridized carbons (Fsp3) is 0.600. The zero-order valence-corrected chi connectivity index (χ0v) is 15.0. The van der Waals surface area contributed by atoms with Crippen LogP contribution in [-0.2, 0) is 14.3 Å². The largest absolute Gasteiger partial charge is 0.361 e. The Morgan fingerprint density at radius 2 is 1.96 bits per heavy atom. The highest BCUT2D eigenvalue weighted by Crippen LogP contribution is 2.34. The molecule has 2 aliphatic heterocycles. The maximum absolute atomic E-state index is 13.2. The van der Waals surface area contributed by atoms with Gasteiger partial charge in [-0.2, -0.15) is 0 Å². The standard InChI is InChI=1S/C20H25FN2O3/c21-16-5-7-17(8-6-16)23-14-20(26-12-19(23)25)9-2-10-22(13-20)18(24)11-15-3-1-4-15/h5-8,15H,1-4,9-14H2. The Balaban J connectivity index is 1.47. The summed E-state index contributed by atoms with van der Waals surface area (Å²) in [5, 5.41) is 0. The molecule has 1 spiro atoms. The number of hydrogen-bond donors (Lipinski definition) is 0. The topological polar surface area (TPSA) is 49.9 Å². The molecule has 2 heterocycles. The van der Waals surface area contributed by atoms with Gasteiger partial charge in [0.2, 0.25) is 5.91 Å². The smallest absolute Gasteiger partial charge is 0.253 e. The molecule has 1 atom stereocenters. The number of nitrogens with zero attached hydrogens (tertiary/aromatic N) is 2. The van der Waals surface area contributed by atoms with Crippen LogP contribution in [0.25, 0.3) is 0 Å². The fourth-order valence-corrected chi connectivity index (χ4v) is 4.20. The summed E-state index contributed by atoms with van der Waals surface area (Å²) in [4.78, 5) is 28.6. The molecule has 0 N–H and O–H groups in total. The highest BCUT2D eigenvalue weighted by molar-refractivity contribution is 5.95. The molecule has 6 heteroatoms. The Labute approximate surface area is 153 Å². The lowest BCUT2D eigenvalue weighted by atomic mass is 9.82. The van der Waals surface area contributed by atoms with Crippen LogP contribution in [0.5, 0.6) is 0 Å². The van der Waals surface area contributed by atoms with Crippen LogP contribution >= 0.6 is 0 Å². The van der Waals surface area contributed by atoms with E-state index in [2.05, 4.69) is 0 Å². The van der Waals surface area contributed by atoms with E-state index in [4.69, 9.17) is 4.74 Å². The molecular formula is C20H25FN2O3. The molecule has 0 radical (unpaired) electrons. The number of anilines is 1. The molecule has 4 rings (SSSR count). The zero-order valence-electron chi connectivity index (χ0n) is 15.0. The minimum Gasteiger partial charge on any atom is -0.361 e. The van der Waals surface area contributed by atoms with E-state index in [0.717, 1.165) is 32.2 Å². The average Bonchev–Trinajstić information content (AvgIpc) is 2.61. The van der Waals surface area contributed by atoms with Crippen LogP contribution in [-0.4, -0.2) is 48.6 Å². The van der Waals surface area contributed by atoms with Gasteiger partial charge in [0.25, 0.3) is 5.91 Å². The Kier molecular flexibility index (Phi) is 4.69. The molecule has 0 bridgehead atoms. The van der Waals surface area contributed by atoms with E-state index in [1.807, 2.05) is 4.90 Å². The quantitative estimate of drug-likeness (QED) is 0.833. The van der Waals surface area contributed by atoms with Gasteiger partial charge < -0.3 is 14.5 Å². The van der Waals surface area contributed by atoms with Gasteiger partial charge in [0, 0.05) is 18.7 Å². The number of halogens is 1. The summed E-state index contributed by atoms with van der Waals surface area (Å²) in [6.07, 6.45) is 5.89. The Morgan fingerprint density at radius 1 is 1.19 bits per heavy atom. The normalized spacial score (nSPS) is 26.9. The van der Waals surface area contributed by atoms with Crippen molar-refractivity contribution in [3.63, 3.8) is 0 Å². The molecule has 140 valence electrons. The molecule has 2 saturated heterocycles. The van der Waals surface area contributed by atoms with Crippen molar-refractivity contribution in [2.24, 2.45) is 5.92 Å². The molecule has 5 nitrogen and oxygen atoms in total. The van der Waals surface area contributed by atoms with Crippen molar-refractivity contribution in [3.8, 4) is 0 Å². The third kappa shape index (κ3) is 3.47. The Hall–Kier alpha value is -1.95. The zero-order chi connectivity index (χ0) is 18.1. The van der Waals surface area contributed by atoms with Gasteiger partial charge in [-0.15, -0.1) is 0 Å². The van der Waals surface area contributed by atoms with E-state index in [1.165, 1.54) is 18.6 Å². The van der Waals surface area contributed by atoms with Crippen molar-refractivity contribution in [2.45, 2.75) is 44.1 Å². The summed E-state index contributed by atoms with van der Waals surface area (Å²) >= 11 is 0. The van der Waals surface area contributed by atoms with Gasteiger partial charge in [0.05, 0.1) is 13.1 Å². The SMILES string of the molecule is O=C(CC1CCC1)N1CCCC2(C1)CN(c1ccc(F)cc1)C(=O)CO2. The van der Waals surface area contributed by atoms with E-state index in [1.54, 1.807) is 17.0 Å². The Bertz CT molecular complexity index is 689. The predicted molar refractivity (Wildman–Crippen MR) is 95.2 cm³/mol. The molecule has 3 fully saturated rings. The predicted octanol–water partition coefficient (Wildman–Crippen LogP) is 2.74. The first-order chi connectivity index (χ1) is 12.5. The minimum absolute atomic E-state index is 0.00202. The summed E-state index contributed by atoms with van der Waals surface area (Å²) in [5.74, 6) is 0.308. The highest BCUT2D eigenvalue weighted by Gasteiger charge is 2.44. The molecule has 2 amide bonds. The maximum atomic E-state index is 13.2. The van der Waals surface area contributed by atoms with Crippen LogP contribution in [0.3, 0.4) is 0 Å². The number of likely N-dealkylation sites (tertiary alicyclic amines) is 1. The highest BCUT2D eigenvalue weighted by atomic mass is 19.1. The second kappa shape index (κ2) is 6.99. The first-order valence-corrected chi connectivity index (χ1v) is 9.52. The molecule has 1 aromatic carbocycles. The number of hydrogen-bond acceptors (Lipinski definition) is 3. The number of ether oxygens (including phenoxy) is 1.